The monoisotopic (exact) mass is 565 g/mol. The summed E-state index contributed by atoms with van der Waals surface area (Å²) in [5.41, 5.74) is 4.54. The van der Waals surface area contributed by atoms with Gasteiger partial charge in [0.1, 0.15) is 0 Å². The quantitative estimate of drug-likeness (QED) is 0.343. The Morgan fingerprint density at radius 2 is 1.75 bits per heavy atom. The predicted molar refractivity (Wildman–Crippen MR) is 158 cm³/mol. The van der Waals surface area contributed by atoms with Gasteiger partial charge in [-0.2, -0.15) is 0 Å². The molecule has 40 heavy (non-hydrogen) atoms. The van der Waals surface area contributed by atoms with Crippen molar-refractivity contribution >= 4 is 29.1 Å². The van der Waals surface area contributed by atoms with E-state index in [1.165, 1.54) is 49.0 Å². The Bertz CT molecular complexity index is 1310. The van der Waals surface area contributed by atoms with Gasteiger partial charge in [-0.05, 0) is 100.0 Å². The molecule has 216 valence electrons. The molecule has 3 N–H and O–H groups in total. The zero-order valence-corrected chi connectivity index (χ0v) is 25.3. The van der Waals surface area contributed by atoms with Crippen LogP contribution in [-0.2, 0) is 16.6 Å². The van der Waals surface area contributed by atoms with Crippen molar-refractivity contribution in [1.82, 2.24) is 15.6 Å². The van der Waals surface area contributed by atoms with Crippen LogP contribution < -0.4 is 10.6 Å². The number of carboxylic acid groups (broad SMARTS) is 1. The Labute approximate surface area is 241 Å². The highest BCUT2D eigenvalue weighted by Crippen LogP contribution is 2.50. The maximum absolute atomic E-state index is 13.5. The van der Waals surface area contributed by atoms with Crippen molar-refractivity contribution in [1.29, 1.82) is 0 Å². The molecule has 0 spiro atoms. The second-order valence-corrected chi connectivity index (χ2v) is 14.6. The summed E-state index contributed by atoms with van der Waals surface area (Å²) in [6.45, 7) is 10.3. The molecular weight excluding hydrogens is 522 g/mol. The van der Waals surface area contributed by atoms with Gasteiger partial charge in [-0.25, -0.2) is 4.98 Å². The molecule has 0 saturated heterocycles. The van der Waals surface area contributed by atoms with E-state index in [-0.39, 0.29) is 34.7 Å². The molecule has 2 amide bonds. The smallest absolute Gasteiger partial charge is 0.306 e. The van der Waals surface area contributed by atoms with Crippen molar-refractivity contribution in [3.8, 4) is 10.4 Å². The molecule has 1 heterocycles. The standard InChI is InChI=1S/C32H43N3O4S/c1-18-23(27(36)35-31(2,3)4)16-20(17-24(18)32(5)11-12-32)26-25(13-19-9-7-6-8-10-19)34-29(40-26)28(37)33-22-14-21(15-22)30(38)39/h16-17,19,21-22H,6-15H2,1-5H3,(H,33,37)(H,35,36)(H,38,39). The number of nitrogens with zero attached hydrogens (tertiary/aromatic N) is 1. The average molecular weight is 566 g/mol. The van der Waals surface area contributed by atoms with Gasteiger partial charge in [0.15, 0.2) is 5.01 Å². The van der Waals surface area contributed by atoms with Gasteiger partial charge in [-0.15, -0.1) is 11.3 Å². The van der Waals surface area contributed by atoms with Crippen molar-refractivity contribution in [3.05, 3.63) is 39.5 Å². The van der Waals surface area contributed by atoms with Gasteiger partial charge in [-0.3, -0.25) is 14.4 Å². The number of rotatable bonds is 8. The second kappa shape index (κ2) is 10.9. The Morgan fingerprint density at radius 1 is 1.07 bits per heavy atom. The molecule has 0 radical (unpaired) electrons. The van der Waals surface area contributed by atoms with Crippen LogP contribution in [0.2, 0.25) is 0 Å². The van der Waals surface area contributed by atoms with Gasteiger partial charge in [0.25, 0.3) is 11.8 Å². The molecular formula is C32H43N3O4S. The summed E-state index contributed by atoms with van der Waals surface area (Å²) in [7, 11) is 0. The molecule has 3 fully saturated rings. The maximum atomic E-state index is 13.5. The summed E-state index contributed by atoms with van der Waals surface area (Å²) < 4.78 is 0. The number of hydrogen-bond acceptors (Lipinski definition) is 5. The van der Waals surface area contributed by atoms with Crippen molar-refractivity contribution in [2.75, 3.05) is 0 Å². The van der Waals surface area contributed by atoms with Crippen molar-refractivity contribution < 1.29 is 19.5 Å². The van der Waals surface area contributed by atoms with Crippen molar-refractivity contribution in [2.45, 2.75) is 116 Å². The normalized spacial score (nSPS) is 22.3. The highest BCUT2D eigenvalue weighted by molar-refractivity contribution is 7.17. The summed E-state index contributed by atoms with van der Waals surface area (Å²) in [5, 5.41) is 15.8. The number of hydrogen-bond donors (Lipinski definition) is 3. The third-order valence-electron chi connectivity index (χ3n) is 8.97. The second-order valence-electron chi connectivity index (χ2n) is 13.6. The van der Waals surface area contributed by atoms with Gasteiger partial charge < -0.3 is 15.7 Å². The van der Waals surface area contributed by atoms with Gasteiger partial charge in [0, 0.05) is 17.1 Å². The lowest BCUT2D eigenvalue weighted by atomic mass is 9.80. The van der Waals surface area contributed by atoms with E-state index < -0.39 is 5.97 Å². The predicted octanol–water partition coefficient (Wildman–Crippen LogP) is 6.41. The zero-order valence-electron chi connectivity index (χ0n) is 24.5. The molecule has 7 nitrogen and oxygen atoms in total. The van der Waals surface area contributed by atoms with Crippen LogP contribution in [-0.4, -0.2) is 39.5 Å². The number of carboxylic acids is 1. The van der Waals surface area contributed by atoms with E-state index in [0.717, 1.165) is 41.0 Å². The minimum absolute atomic E-state index is 0.0657. The largest absolute Gasteiger partial charge is 0.481 e. The highest BCUT2D eigenvalue weighted by Gasteiger charge is 2.41. The first-order valence-corrected chi connectivity index (χ1v) is 15.7. The van der Waals surface area contributed by atoms with E-state index in [1.807, 2.05) is 26.8 Å². The molecule has 0 bridgehead atoms. The fraction of sp³-hybridized carbons (Fsp3) is 0.625. The van der Waals surface area contributed by atoms with E-state index >= 15 is 0 Å². The number of aromatic nitrogens is 1. The molecule has 1 aromatic heterocycles. The molecule has 5 rings (SSSR count). The minimum atomic E-state index is -0.803. The average Bonchev–Trinajstić information content (AvgIpc) is 3.46. The first kappa shape index (κ1) is 28.8. The first-order valence-electron chi connectivity index (χ1n) is 14.8. The summed E-state index contributed by atoms with van der Waals surface area (Å²) >= 11 is 1.40. The van der Waals surface area contributed by atoms with Crippen molar-refractivity contribution in [3.63, 3.8) is 0 Å². The van der Waals surface area contributed by atoms with Gasteiger partial charge >= 0.3 is 5.97 Å². The third-order valence-corrected chi connectivity index (χ3v) is 10.1. The molecule has 0 atom stereocenters. The number of benzene rings is 1. The van der Waals surface area contributed by atoms with Crippen LogP contribution in [0.5, 0.6) is 0 Å². The van der Waals surface area contributed by atoms with E-state index in [0.29, 0.717) is 29.3 Å². The Kier molecular flexibility index (Phi) is 7.85. The molecule has 2 aromatic rings. The fourth-order valence-corrected chi connectivity index (χ4v) is 7.22. The van der Waals surface area contributed by atoms with Gasteiger partial charge in [0.05, 0.1) is 16.5 Å². The third kappa shape index (κ3) is 6.27. The number of carbonyl (C=O) groups excluding carboxylic acids is 2. The van der Waals surface area contributed by atoms with E-state index in [4.69, 9.17) is 4.98 Å². The molecule has 3 aliphatic carbocycles. The summed E-state index contributed by atoms with van der Waals surface area (Å²) in [6.07, 6.45) is 10.0. The first-order chi connectivity index (χ1) is 18.8. The summed E-state index contributed by atoms with van der Waals surface area (Å²) in [4.78, 5) is 43.8. The van der Waals surface area contributed by atoms with Crippen LogP contribution in [0.25, 0.3) is 10.4 Å². The Balaban J connectivity index is 1.52. The minimum Gasteiger partial charge on any atom is -0.481 e. The van der Waals surface area contributed by atoms with E-state index in [1.54, 1.807) is 0 Å². The lowest BCUT2D eigenvalue weighted by molar-refractivity contribution is -0.145. The van der Waals surface area contributed by atoms with Crippen LogP contribution in [0.1, 0.15) is 122 Å². The van der Waals surface area contributed by atoms with Crippen LogP contribution >= 0.6 is 11.3 Å². The number of amides is 2. The number of carbonyl (C=O) groups is 3. The molecule has 3 aliphatic rings. The molecule has 8 heteroatoms. The van der Waals surface area contributed by atoms with Crippen LogP contribution in [0.3, 0.4) is 0 Å². The molecule has 3 saturated carbocycles. The lowest BCUT2D eigenvalue weighted by Crippen LogP contribution is -2.46. The van der Waals surface area contributed by atoms with E-state index in [2.05, 4.69) is 30.5 Å². The number of aliphatic carboxylic acids is 1. The van der Waals surface area contributed by atoms with Crippen LogP contribution in [0, 0.1) is 18.8 Å². The Hall–Kier alpha value is -2.74. The Morgan fingerprint density at radius 3 is 2.35 bits per heavy atom. The number of thiazole rings is 1. The number of nitrogens with one attached hydrogen (secondary N) is 2. The zero-order chi connectivity index (χ0) is 28.8. The van der Waals surface area contributed by atoms with Crippen LogP contribution in [0.15, 0.2) is 12.1 Å². The lowest BCUT2D eigenvalue weighted by Gasteiger charge is -2.32. The van der Waals surface area contributed by atoms with E-state index in [9.17, 15) is 19.5 Å². The SMILES string of the molecule is Cc1c(C(=O)NC(C)(C)C)cc(-c2sc(C(=O)NC3CC(C(=O)O)C3)nc2CC2CCCCC2)cc1C1(C)CC1. The molecule has 0 unspecified atom stereocenters. The summed E-state index contributed by atoms with van der Waals surface area (Å²) in [6, 6.07) is 4.10. The topological polar surface area (TPSA) is 108 Å². The maximum Gasteiger partial charge on any atom is 0.306 e. The fourth-order valence-electron chi connectivity index (χ4n) is 6.23. The molecule has 0 aliphatic heterocycles. The van der Waals surface area contributed by atoms with Gasteiger partial charge in [0.2, 0.25) is 0 Å². The van der Waals surface area contributed by atoms with Gasteiger partial charge in [-0.1, -0.05) is 39.0 Å². The summed E-state index contributed by atoms with van der Waals surface area (Å²) in [5.74, 6) is -0.953. The van der Waals surface area contributed by atoms with Crippen molar-refractivity contribution in [2.24, 2.45) is 11.8 Å². The molecule has 1 aromatic carbocycles. The van der Waals surface area contributed by atoms with Crippen LogP contribution in [0.4, 0.5) is 0 Å². The highest BCUT2D eigenvalue weighted by atomic mass is 32.1.